The Hall–Kier alpha value is -1.59. The van der Waals surface area contributed by atoms with Crippen LogP contribution >= 0.6 is 0 Å². The second-order valence-electron chi connectivity index (χ2n) is 6.95. The highest BCUT2D eigenvalue weighted by atomic mass is 16.3. The van der Waals surface area contributed by atoms with Crippen molar-refractivity contribution in [3.63, 3.8) is 0 Å². The number of phenols is 1. The molecule has 0 aliphatic heterocycles. The first-order chi connectivity index (χ1) is 11.6. The molecule has 0 bridgehead atoms. The van der Waals surface area contributed by atoms with Gasteiger partial charge in [-0.05, 0) is 43.4 Å². The summed E-state index contributed by atoms with van der Waals surface area (Å²) >= 11 is 0. The molecule has 0 saturated heterocycles. The minimum atomic E-state index is -0.671. The second-order valence-corrected chi connectivity index (χ2v) is 6.95. The molecule has 0 radical (unpaired) electrons. The molecule has 2 atom stereocenters. The van der Waals surface area contributed by atoms with Gasteiger partial charge in [0.15, 0.2) is 0 Å². The van der Waals surface area contributed by atoms with Crippen molar-refractivity contribution in [1.82, 2.24) is 5.32 Å². The number of aromatic hydroxyl groups is 1. The van der Waals surface area contributed by atoms with Crippen molar-refractivity contribution in [2.24, 2.45) is 5.92 Å². The van der Waals surface area contributed by atoms with Gasteiger partial charge in [-0.2, -0.15) is 0 Å². The number of carbonyl (C=O) groups excluding carboxylic acids is 1. The monoisotopic (exact) mass is 334 g/mol. The Balaban J connectivity index is 1.76. The van der Waals surface area contributed by atoms with E-state index < -0.39 is 6.10 Å². The lowest BCUT2D eigenvalue weighted by Gasteiger charge is -2.24. The summed E-state index contributed by atoms with van der Waals surface area (Å²) in [6.45, 7) is 2.61. The molecule has 4 N–H and O–H groups in total. The molecule has 2 unspecified atom stereocenters. The van der Waals surface area contributed by atoms with Crippen LogP contribution in [0.25, 0.3) is 0 Å². The summed E-state index contributed by atoms with van der Waals surface area (Å²) < 4.78 is 0. The molecule has 5 heteroatoms. The van der Waals surface area contributed by atoms with Crippen LogP contribution in [0.5, 0.6) is 5.75 Å². The average molecular weight is 334 g/mol. The first-order valence-electron chi connectivity index (χ1n) is 9.04. The van der Waals surface area contributed by atoms with Crippen LogP contribution in [0.15, 0.2) is 18.2 Å². The number of nitrogens with one attached hydrogen (secondary N) is 2. The highest BCUT2D eigenvalue weighted by Gasteiger charge is 2.16. The van der Waals surface area contributed by atoms with Gasteiger partial charge in [-0.25, -0.2) is 0 Å². The zero-order valence-corrected chi connectivity index (χ0v) is 14.5. The maximum Gasteiger partial charge on any atom is 0.211 e. The van der Waals surface area contributed by atoms with Gasteiger partial charge in [-0.3, -0.25) is 4.79 Å². The Bertz CT molecular complexity index is 515. The molecular weight excluding hydrogens is 304 g/mol. The lowest BCUT2D eigenvalue weighted by atomic mass is 9.85. The van der Waals surface area contributed by atoms with Crippen LogP contribution in [0.2, 0.25) is 0 Å². The van der Waals surface area contributed by atoms with E-state index in [-0.39, 0.29) is 5.75 Å². The topological polar surface area (TPSA) is 81.6 Å². The molecular formula is C19H30N2O3. The van der Waals surface area contributed by atoms with E-state index in [9.17, 15) is 15.0 Å². The van der Waals surface area contributed by atoms with E-state index >= 15 is 0 Å². The minimum Gasteiger partial charge on any atom is -0.506 e. The average Bonchev–Trinajstić information content (AvgIpc) is 2.61. The van der Waals surface area contributed by atoms with Gasteiger partial charge in [0.05, 0.1) is 11.8 Å². The van der Waals surface area contributed by atoms with Gasteiger partial charge >= 0.3 is 0 Å². The van der Waals surface area contributed by atoms with E-state index in [0.29, 0.717) is 30.2 Å². The summed E-state index contributed by atoms with van der Waals surface area (Å²) in [6, 6.07) is 5.12. The molecule has 24 heavy (non-hydrogen) atoms. The number of hydrogen-bond donors (Lipinski definition) is 4. The summed E-state index contributed by atoms with van der Waals surface area (Å²) in [5.41, 5.74) is 0.982. The second kappa shape index (κ2) is 9.64. The van der Waals surface area contributed by atoms with Crippen LogP contribution in [0, 0.1) is 5.92 Å². The smallest absolute Gasteiger partial charge is 0.211 e. The first kappa shape index (κ1) is 18.7. The third-order valence-corrected chi connectivity index (χ3v) is 5.01. The van der Waals surface area contributed by atoms with Crippen molar-refractivity contribution in [2.75, 3.05) is 11.9 Å². The predicted octanol–water partition coefficient (Wildman–Crippen LogP) is 3.33. The number of amides is 1. The van der Waals surface area contributed by atoms with E-state index in [2.05, 4.69) is 17.6 Å². The Morgan fingerprint density at radius 3 is 2.75 bits per heavy atom. The number of phenolic OH excluding ortho intramolecular Hbond substituents is 1. The van der Waals surface area contributed by atoms with Gasteiger partial charge < -0.3 is 20.8 Å². The number of rotatable bonds is 9. The molecule has 0 heterocycles. The van der Waals surface area contributed by atoms with Crippen LogP contribution in [0.3, 0.4) is 0 Å². The lowest BCUT2D eigenvalue weighted by molar-refractivity contribution is -0.105. The van der Waals surface area contributed by atoms with Crippen LogP contribution in [-0.2, 0) is 4.79 Å². The van der Waals surface area contributed by atoms with E-state index in [1.165, 1.54) is 44.6 Å². The first-order valence-corrected chi connectivity index (χ1v) is 9.04. The van der Waals surface area contributed by atoms with E-state index in [1.54, 1.807) is 12.1 Å². The summed E-state index contributed by atoms with van der Waals surface area (Å²) in [7, 11) is 0. The molecule has 1 aliphatic carbocycles. The fourth-order valence-electron chi connectivity index (χ4n) is 3.43. The van der Waals surface area contributed by atoms with Gasteiger partial charge in [0.25, 0.3) is 0 Å². The van der Waals surface area contributed by atoms with Crippen LogP contribution in [0.1, 0.15) is 63.5 Å². The van der Waals surface area contributed by atoms with Gasteiger partial charge in [0.2, 0.25) is 6.41 Å². The maximum atomic E-state index is 10.5. The van der Waals surface area contributed by atoms with E-state index in [4.69, 9.17) is 0 Å². The van der Waals surface area contributed by atoms with Crippen molar-refractivity contribution < 1.29 is 15.0 Å². The molecule has 1 amide bonds. The number of hydrogen-bond acceptors (Lipinski definition) is 4. The highest BCUT2D eigenvalue weighted by Crippen LogP contribution is 2.28. The molecule has 134 valence electrons. The number of benzene rings is 1. The zero-order chi connectivity index (χ0) is 17.4. The van der Waals surface area contributed by atoms with Crippen molar-refractivity contribution in [3.8, 4) is 5.75 Å². The van der Waals surface area contributed by atoms with Gasteiger partial charge in [-0.1, -0.05) is 38.2 Å². The molecule has 0 spiro atoms. The van der Waals surface area contributed by atoms with E-state index in [0.717, 1.165) is 12.3 Å². The SMILES string of the molecule is CC(CCC1CCCCC1)NCC(O)c1ccc(O)c(NC=O)c1. The van der Waals surface area contributed by atoms with Crippen LogP contribution in [-0.4, -0.2) is 29.2 Å². The fourth-order valence-corrected chi connectivity index (χ4v) is 3.43. The summed E-state index contributed by atoms with van der Waals surface area (Å²) in [5.74, 6) is 0.869. The summed E-state index contributed by atoms with van der Waals surface area (Å²) in [4.78, 5) is 10.5. The maximum absolute atomic E-state index is 10.5. The van der Waals surface area contributed by atoms with E-state index in [1.807, 2.05) is 0 Å². The third kappa shape index (κ3) is 5.80. The summed E-state index contributed by atoms with van der Waals surface area (Å²) in [5, 5.41) is 25.8. The number of carbonyl (C=O) groups is 1. The molecule has 1 saturated carbocycles. The number of anilines is 1. The standard InChI is InChI=1S/C19H30N2O3/c1-14(7-8-15-5-3-2-4-6-15)20-12-19(24)16-9-10-18(23)17(11-16)21-13-22/h9-11,13-15,19-20,23-24H,2-8,12H2,1H3,(H,21,22). The highest BCUT2D eigenvalue weighted by molar-refractivity contribution is 5.75. The number of aliphatic hydroxyl groups is 1. The molecule has 0 aromatic heterocycles. The molecule has 5 nitrogen and oxygen atoms in total. The molecule has 1 fully saturated rings. The quantitative estimate of drug-likeness (QED) is 0.412. The number of aliphatic hydroxyl groups excluding tert-OH is 1. The van der Waals surface area contributed by atoms with Crippen molar-refractivity contribution in [1.29, 1.82) is 0 Å². The van der Waals surface area contributed by atoms with Crippen LogP contribution < -0.4 is 10.6 Å². The molecule has 1 aromatic carbocycles. The lowest BCUT2D eigenvalue weighted by Crippen LogP contribution is -2.31. The van der Waals surface area contributed by atoms with Crippen molar-refractivity contribution >= 4 is 12.1 Å². The fraction of sp³-hybridized carbons (Fsp3) is 0.632. The van der Waals surface area contributed by atoms with Crippen molar-refractivity contribution in [3.05, 3.63) is 23.8 Å². The largest absolute Gasteiger partial charge is 0.506 e. The molecule has 1 aromatic rings. The Labute approximate surface area is 144 Å². The third-order valence-electron chi connectivity index (χ3n) is 5.01. The predicted molar refractivity (Wildman–Crippen MR) is 96.0 cm³/mol. The summed E-state index contributed by atoms with van der Waals surface area (Å²) in [6.07, 6.45) is 9.12. The van der Waals surface area contributed by atoms with Crippen molar-refractivity contribution in [2.45, 2.75) is 64.0 Å². The van der Waals surface area contributed by atoms with Gasteiger partial charge in [-0.15, -0.1) is 0 Å². The molecule has 2 rings (SSSR count). The Morgan fingerprint density at radius 1 is 1.29 bits per heavy atom. The Morgan fingerprint density at radius 2 is 2.04 bits per heavy atom. The normalized spacial score (nSPS) is 18.1. The Kier molecular flexibility index (Phi) is 7.53. The van der Waals surface area contributed by atoms with Gasteiger partial charge in [0, 0.05) is 12.6 Å². The zero-order valence-electron chi connectivity index (χ0n) is 14.5. The molecule has 1 aliphatic rings. The minimum absolute atomic E-state index is 0.00754. The van der Waals surface area contributed by atoms with Crippen LogP contribution in [0.4, 0.5) is 5.69 Å². The van der Waals surface area contributed by atoms with Gasteiger partial charge in [0.1, 0.15) is 5.75 Å².